The summed E-state index contributed by atoms with van der Waals surface area (Å²) in [5, 5.41) is 0. The molecule has 0 amide bonds. The van der Waals surface area contributed by atoms with E-state index in [-0.39, 0.29) is 12.4 Å². The smallest absolute Gasteiger partial charge is 0.192 e. The Morgan fingerprint density at radius 1 is 1.47 bits per heavy atom. The fraction of sp³-hybridized carbons (Fsp3) is 0.462. The van der Waals surface area contributed by atoms with Crippen LogP contribution in [0.1, 0.15) is 28.8 Å². The minimum Gasteiger partial charge on any atom is -0.493 e. The van der Waals surface area contributed by atoms with Crippen molar-refractivity contribution in [3.63, 3.8) is 0 Å². The van der Waals surface area contributed by atoms with Gasteiger partial charge in [-0.3, -0.25) is 4.79 Å². The van der Waals surface area contributed by atoms with Crippen LogP contribution in [0.25, 0.3) is 0 Å². The first-order valence-corrected chi connectivity index (χ1v) is 5.69. The molecular weight excluding hydrogens is 223 g/mol. The number of aryl methyl sites for hydroxylation is 1. The van der Waals surface area contributed by atoms with Crippen LogP contribution in [0.4, 0.5) is 4.39 Å². The number of hydrogen-bond acceptors (Lipinski definition) is 3. The van der Waals surface area contributed by atoms with Gasteiger partial charge in [0.1, 0.15) is 18.2 Å². The van der Waals surface area contributed by atoms with Crippen LogP contribution in [0.15, 0.2) is 12.1 Å². The zero-order chi connectivity index (χ0) is 12.3. The molecule has 92 valence electrons. The number of fused-ring (bicyclic) bond motifs is 1. The summed E-state index contributed by atoms with van der Waals surface area (Å²) in [6.45, 7) is 0.519. The lowest BCUT2D eigenvalue weighted by atomic mass is 10.0. The second kappa shape index (κ2) is 5.27. The summed E-state index contributed by atoms with van der Waals surface area (Å²) in [6.07, 6.45) is 2.63. The molecule has 0 radical (unpaired) electrons. The molecule has 0 aromatic heterocycles. The SMILES string of the molecule is COCC(=O)c1cc(F)cc2c1OCCCC2. The Bertz CT molecular complexity index is 429. The Kier molecular flexibility index (Phi) is 3.74. The third-order valence-electron chi connectivity index (χ3n) is 2.79. The van der Waals surface area contributed by atoms with Crippen molar-refractivity contribution in [2.45, 2.75) is 19.3 Å². The number of ketones is 1. The van der Waals surface area contributed by atoms with E-state index < -0.39 is 5.82 Å². The summed E-state index contributed by atoms with van der Waals surface area (Å²) >= 11 is 0. The van der Waals surface area contributed by atoms with Crippen molar-refractivity contribution in [3.05, 3.63) is 29.1 Å². The quantitative estimate of drug-likeness (QED) is 0.758. The van der Waals surface area contributed by atoms with Gasteiger partial charge in [-0.25, -0.2) is 4.39 Å². The lowest BCUT2D eigenvalue weighted by Gasteiger charge is -2.12. The van der Waals surface area contributed by atoms with Crippen LogP contribution in [-0.4, -0.2) is 26.1 Å². The highest BCUT2D eigenvalue weighted by Gasteiger charge is 2.19. The topological polar surface area (TPSA) is 35.5 Å². The highest BCUT2D eigenvalue weighted by Crippen LogP contribution is 2.30. The van der Waals surface area contributed by atoms with Crippen molar-refractivity contribution in [1.29, 1.82) is 0 Å². The Balaban J connectivity index is 2.43. The molecule has 4 heteroatoms. The van der Waals surface area contributed by atoms with Crippen molar-refractivity contribution in [1.82, 2.24) is 0 Å². The molecule has 1 aliphatic heterocycles. The minimum atomic E-state index is -0.395. The van der Waals surface area contributed by atoms with E-state index in [0.29, 0.717) is 17.9 Å². The number of halogens is 1. The number of carbonyl (C=O) groups excluding carboxylic acids is 1. The molecule has 0 unspecified atom stereocenters. The molecule has 1 aromatic rings. The Morgan fingerprint density at radius 2 is 2.29 bits per heavy atom. The number of benzene rings is 1. The standard InChI is InChI=1S/C13H15FO3/c1-16-8-12(15)11-7-10(14)6-9-4-2-3-5-17-13(9)11/h6-7H,2-5,8H2,1H3. The molecule has 1 heterocycles. The summed E-state index contributed by atoms with van der Waals surface area (Å²) in [5.74, 6) is -0.107. The molecule has 0 saturated heterocycles. The van der Waals surface area contributed by atoms with Gasteiger partial charge in [-0.1, -0.05) is 0 Å². The van der Waals surface area contributed by atoms with Gasteiger partial charge < -0.3 is 9.47 Å². The van der Waals surface area contributed by atoms with Gasteiger partial charge in [0.15, 0.2) is 5.78 Å². The molecule has 0 bridgehead atoms. The maximum absolute atomic E-state index is 13.4. The summed E-state index contributed by atoms with van der Waals surface area (Å²) in [7, 11) is 1.44. The zero-order valence-electron chi connectivity index (χ0n) is 9.79. The van der Waals surface area contributed by atoms with E-state index in [2.05, 4.69) is 0 Å². The Morgan fingerprint density at radius 3 is 3.06 bits per heavy atom. The van der Waals surface area contributed by atoms with E-state index in [1.54, 1.807) is 0 Å². The predicted molar refractivity (Wildman–Crippen MR) is 61.0 cm³/mol. The van der Waals surface area contributed by atoms with E-state index >= 15 is 0 Å². The molecule has 0 spiro atoms. The van der Waals surface area contributed by atoms with E-state index in [1.165, 1.54) is 19.2 Å². The van der Waals surface area contributed by atoms with Crippen molar-refractivity contribution >= 4 is 5.78 Å². The Labute approximate surface area is 99.5 Å². The van der Waals surface area contributed by atoms with E-state index in [1.807, 2.05) is 0 Å². The molecule has 0 N–H and O–H groups in total. The van der Waals surface area contributed by atoms with Gasteiger partial charge in [0.2, 0.25) is 0 Å². The Hall–Kier alpha value is -1.42. The first kappa shape index (κ1) is 12.0. The van der Waals surface area contributed by atoms with Gasteiger partial charge in [-0.15, -0.1) is 0 Å². The summed E-state index contributed by atoms with van der Waals surface area (Å²) < 4.78 is 23.8. The molecule has 3 nitrogen and oxygen atoms in total. The highest BCUT2D eigenvalue weighted by atomic mass is 19.1. The van der Waals surface area contributed by atoms with Crippen molar-refractivity contribution < 1.29 is 18.7 Å². The average Bonchev–Trinajstić information content (AvgIpc) is 2.53. The molecule has 0 saturated carbocycles. The molecule has 2 rings (SSSR count). The molecule has 17 heavy (non-hydrogen) atoms. The normalized spacial score (nSPS) is 14.7. The predicted octanol–water partition coefficient (Wildman–Crippen LogP) is 2.37. The molecule has 0 atom stereocenters. The maximum Gasteiger partial charge on any atom is 0.192 e. The van der Waals surface area contributed by atoms with Gasteiger partial charge in [-0.2, -0.15) is 0 Å². The van der Waals surface area contributed by atoms with Crippen molar-refractivity contribution in [2.24, 2.45) is 0 Å². The van der Waals surface area contributed by atoms with Crippen LogP contribution in [0.5, 0.6) is 5.75 Å². The number of carbonyl (C=O) groups is 1. The van der Waals surface area contributed by atoms with Crippen molar-refractivity contribution in [3.8, 4) is 5.75 Å². The number of hydrogen-bond donors (Lipinski definition) is 0. The second-order valence-corrected chi connectivity index (χ2v) is 4.10. The van der Waals surface area contributed by atoms with Gasteiger partial charge in [0, 0.05) is 7.11 Å². The molecule has 1 aliphatic rings. The fourth-order valence-electron chi connectivity index (χ4n) is 2.01. The van der Waals surface area contributed by atoms with Gasteiger partial charge in [0.05, 0.1) is 12.2 Å². The monoisotopic (exact) mass is 238 g/mol. The van der Waals surface area contributed by atoms with Crippen LogP contribution >= 0.6 is 0 Å². The number of rotatable bonds is 3. The van der Waals surface area contributed by atoms with Crippen molar-refractivity contribution in [2.75, 3.05) is 20.3 Å². The molecular formula is C13H15FO3. The lowest BCUT2D eigenvalue weighted by Crippen LogP contribution is -2.11. The van der Waals surface area contributed by atoms with E-state index in [4.69, 9.17) is 9.47 Å². The molecule has 0 fully saturated rings. The first-order chi connectivity index (χ1) is 8.22. The van der Waals surface area contributed by atoms with Gasteiger partial charge in [-0.05, 0) is 37.0 Å². The average molecular weight is 238 g/mol. The fourth-order valence-corrected chi connectivity index (χ4v) is 2.01. The second-order valence-electron chi connectivity index (χ2n) is 4.10. The lowest BCUT2D eigenvalue weighted by molar-refractivity contribution is 0.0843. The van der Waals surface area contributed by atoms with E-state index in [9.17, 15) is 9.18 Å². The molecule has 0 aliphatic carbocycles. The van der Waals surface area contributed by atoms with Crippen LogP contribution < -0.4 is 4.74 Å². The largest absolute Gasteiger partial charge is 0.493 e. The number of Topliss-reactive ketones (excluding diaryl/α,β-unsaturated/α-hetero) is 1. The maximum atomic E-state index is 13.4. The minimum absolute atomic E-state index is 0.0563. The number of ether oxygens (including phenoxy) is 2. The van der Waals surface area contributed by atoms with E-state index in [0.717, 1.165) is 24.8 Å². The summed E-state index contributed by atoms with van der Waals surface area (Å²) in [5.41, 5.74) is 1.07. The summed E-state index contributed by atoms with van der Waals surface area (Å²) in [4.78, 5) is 11.8. The third-order valence-corrected chi connectivity index (χ3v) is 2.79. The zero-order valence-corrected chi connectivity index (χ0v) is 9.79. The number of methoxy groups -OCH3 is 1. The van der Waals surface area contributed by atoms with Crippen LogP contribution in [0.2, 0.25) is 0 Å². The summed E-state index contributed by atoms with van der Waals surface area (Å²) in [6, 6.07) is 2.68. The third kappa shape index (κ3) is 2.64. The van der Waals surface area contributed by atoms with Crippen LogP contribution in [0, 0.1) is 5.82 Å². The first-order valence-electron chi connectivity index (χ1n) is 5.69. The highest BCUT2D eigenvalue weighted by molar-refractivity contribution is 6.00. The van der Waals surface area contributed by atoms with Gasteiger partial charge >= 0.3 is 0 Å². The van der Waals surface area contributed by atoms with Gasteiger partial charge in [0.25, 0.3) is 0 Å². The van der Waals surface area contributed by atoms with Crippen LogP contribution in [0.3, 0.4) is 0 Å². The van der Waals surface area contributed by atoms with Crippen LogP contribution in [-0.2, 0) is 11.2 Å². The molecule has 1 aromatic carbocycles.